The summed E-state index contributed by atoms with van der Waals surface area (Å²) in [5, 5.41) is 31.1. The Morgan fingerprint density at radius 1 is 0.653 bits per heavy atom. The molecule has 3 aromatic carbocycles. The molecule has 0 N–H and O–H groups in total. The van der Waals surface area contributed by atoms with Crippen LogP contribution in [0, 0.1) is 40.6 Å². The van der Waals surface area contributed by atoms with E-state index in [9.17, 15) is 15.8 Å². The molecule has 0 atom stereocenters. The molecule has 0 bridgehead atoms. The Balaban J connectivity index is 1.81. The fraction of sp³-hybridized carbons (Fsp3) is 0.279. The van der Waals surface area contributed by atoms with Crippen molar-refractivity contribution >= 4 is 28.2 Å². The Hall–Kier alpha value is -5.95. The van der Waals surface area contributed by atoms with Gasteiger partial charge in [0.15, 0.2) is 0 Å². The Kier molecular flexibility index (Phi) is 7.63. The molecular weight excluding hydrogens is 601 g/mol. The van der Waals surface area contributed by atoms with Gasteiger partial charge in [0.05, 0.1) is 35.4 Å². The Morgan fingerprint density at radius 3 is 1.82 bits per heavy atom. The maximum Gasteiger partial charge on any atom is 0.270 e. The predicted octanol–water partition coefficient (Wildman–Crippen LogP) is 10.8. The monoisotopic (exact) mass is 638 g/mol. The molecule has 0 amide bonds. The fourth-order valence-corrected chi connectivity index (χ4v) is 6.67. The number of hydrogen-bond acceptors (Lipinski definition) is 5. The fourth-order valence-electron chi connectivity index (χ4n) is 6.67. The van der Waals surface area contributed by atoms with Gasteiger partial charge in [0.1, 0.15) is 17.7 Å². The second kappa shape index (κ2) is 11.3. The lowest BCUT2D eigenvalue weighted by Crippen LogP contribution is -2.27. The summed E-state index contributed by atoms with van der Waals surface area (Å²) in [4.78, 5) is 10.8. The number of benzene rings is 3. The van der Waals surface area contributed by atoms with Gasteiger partial charge in [0.25, 0.3) is 5.70 Å². The molecule has 49 heavy (non-hydrogen) atoms. The van der Waals surface area contributed by atoms with Crippen LogP contribution in [0.2, 0.25) is 0 Å². The quantitative estimate of drug-likeness (QED) is 0.132. The summed E-state index contributed by atoms with van der Waals surface area (Å²) in [6, 6.07) is 27.3. The molecule has 0 aliphatic carbocycles. The number of fused-ring (bicyclic) bond motifs is 4. The van der Waals surface area contributed by atoms with E-state index in [0.717, 1.165) is 50.6 Å². The number of nitriles is 3. The van der Waals surface area contributed by atoms with Gasteiger partial charge in [-0.25, -0.2) is 10.1 Å². The van der Waals surface area contributed by atoms with Gasteiger partial charge in [0.2, 0.25) is 0 Å². The van der Waals surface area contributed by atoms with Crippen molar-refractivity contribution in [3.63, 3.8) is 0 Å². The first-order valence-electron chi connectivity index (χ1n) is 16.4. The Labute approximate surface area is 289 Å². The van der Waals surface area contributed by atoms with E-state index in [0.29, 0.717) is 22.3 Å². The number of hydrogen-bond donors (Lipinski definition) is 0. The zero-order chi connectivity index (χ0) is 35.6. The summed E-state index contributed by atoms with van der Waals surface area (Å²) in [6.07, 6.45) is 1.78. The average Bonchev–Trinajstić information content (AvgIpc) is 3.05. The van der Waals surface area contributed by atoms with Crippen molar-refractivity contribution in [2.24, 2.45) is 0 Å². The minimum Gasteiger partial charge on any atom is -0.308 e. The van der Waals surface area contributed by atoms with Crippen molar-refractivity contribution in [2.45, 2.75) is 78.6 Å². The number of nitrogens with zero attached hydrogens (tertiary/aromatic N) is 6. The molecular formula is C43H38N6. The molecule has 6 rings (SSSR count). The molecule has 0 unspecified atom stereocenters. The van der Waals surface area contributed by atoms with Crippen LogP contribution in [0.5, 0.6) is 0 Å². The highest BCUT2D eigenvalue weighted by Gasteiger charge is 2.40. The largest absolute Gasteiger partial charge is 0.308 e. The number of anilines is 3. The third-order valence-corrected chi connectivity index (χ3v) is 9.46. The van der Waals surface area contributed by atoms with Crippen LogP contribution < -0.4 is 4.90 Å². The summed E-state index contributed by atoms with van der Waals surface area (Å²) in [6.45, 7) is 27.3. The molecule has 0 saturated carbocycles. The summed E-state index contributed by atoms with van der Waals surface area (Å²) < 4.78 is 0. The van der Waals surface area contributed by atoms with Gasteiger partial charge in [-0.2, -0.15) is 10.5 Å². The van der Waals surface area contributed by atoms with Gasteiger partial charge < -0.3 is 4.90 Å². The van der Waals surface area contributed by atoms with Crippen molar-refractivity contribution in [1.82, 2.24) is 4.98 Å². The van der Waals surface area contributed by atoms with Gasteiger partial charge in [-0.1, -0.05) is 86.6 Å². The third-order valence-electron chi connectivity index (χ3n) is 9.46. The van der Waals surface area contributed by atoms with E-state index in [2.05, 4.69) is 133 Å². The second-order valence-corrected chi connectivity index (χ2v) is 15.8. The highest BCUT2D eigenvalue weighted by Crippen LogP contribution is 2.59. The summed E-state index contributed by atoms with van der Waals surface area (Å²) in [5.41, 5.74) is 10.6. The van der Waals surface area contributed by atoms with Crippen molar-refractivity contribution in [2.75, 3.05) is 4.90 Å². The average molecular weight is 639 g/mol. The molecule has 4 aromatic rings. The molecule has 0 fully saturated rings. The second-order valence-electron chi connectivity index (χ2n) is 15.8. The molecule has 0 saturated heterocycles. The van der Waals surface area contributed by atoms with E-state index in [1.165, 1.54) is 5.56 Å². The van der Waals surface area contributed by atoms with Crippen molar-refractivity contribution in [3.8, 4) is 29.5 Å². The van der Waals surface area contributed by atoms with Gasteiger partial charge in [-0.3, -0.25) is 4.98 Å². The van der Waals surface area contributed by atoms with E-state index in [-0.39, 0.29) is 27.5 Å². The molecule has 0 radical (unpaired) electrons. The summed E-state index contributed by atoms with van der Waals surface area (Å²) in [7, 11) is 0. The highest BCUT2D eigenvalue weighted by atomic mass is 15.2. The molecule has 6 nitrogen and oxygen atoms in total. The van der Waals surface area contributed by atoms with Gasteiger partial charge in [-0.15, -0.1) is 0 Å². The number of pyridine rings is 1. The maximum absolute atomic E-state index is 10.4. The Bertz CT molecular complexity index is 2290. The van der Waals surface area contributed by atoms with Crippen molar-refractivity contribution in [1.29, 1.82) is 15.8 Å². The minimum atomic E-state index is -0.328. The topological polar surface area (TPSA) is 91.9 Å². The highest BCUT2D eigenvalue weighted by molar-refractivity contribution is 6.12. The van der Waals surface area contributed by atoms with Crippen molar-refractivity contribution < 1.29 is 0 Å². The van der Waals surface area contributed by atoms with Crippen LogP contribution in [0.25, 0.3) is 27.2 Å². The van der Waals surface area contributed by atoms with Crippen LogP contribution in [0.4, 0.5) is 17.1 Å². The maximum atomic E-state index is 10.4. The lowest BCUT2D eigenvalue weighted by atomic mass is 9.74. The molecule has 0 spiro atoms. The number of rotatable bonds is 1. The van der Waals surface area contributed by atoms with Crippen LogP contribution in [0.1, 0.15) is 101 Å². The first-order chi connectivity index (χ1) is 23.0. The molecule has 6 heteroatoms. The molecule has 2 aliphatic heterocycles. The number of allylic oxidation sites excluding steroid dienone is 2. The molecule has 240 valence electrons. The first-order valence-corrected chi connectivity index (χ1v) is 16.4. The molecule has 1 aromatic heterocycles. The van der Waals surface area contributed by atoms with Gasteiger partial charge in [0, 0.05) is 39.6 Å². The van der Waals surface area contributed by atoms with E-state index in [1.54, 1.807) is 6.20 Å². The number of aromatic nitrogens is 1. The SMILES string of the molecule is [C-]#[N+]/C(C#N)=C1\c2cnc(-c3cccc(C(C)(C)C)c3)cc2N2c3ccc(C(C)(C)C)cc3C(=C(C#N)C#N)c3cc(C(C)(C)C)cc1c32. The lowest BCUT2D eigenvalue weighted by molar-refractivity contribution is 0.589. The smallest absolute Gasteiger partial charge is 0.270 e. The standard InChI is InChI=1S/C43H38N6/c1-41(2,3)27-13-11-12-25(16-27)34-20-37-33(24-48-34)39(35(23-46)47-10)32-19-29(43(7,8)9)18-31-38(26(21-44)22-45)30-17-28(42(4,5)6)14-15-36(30)49(37)40(31)32/h11-20,24H,1-9H3/b39-35-. The van der Waals surface area contributed by atoms with E-state index < -0.39 is 0 Å². The van der Waals surface area contributed by atoms with Crippen LogP contribution in [0.3, 0.4) is 0 Å². The predicted molar refractivity (Wildman–Crippen MR) is 196 cm³/mol. The van der Waals surface area contributed by atoms with E-state index in [4.69, 9.17) is 11.6 Å². The summed E-state index contributed by atoms with van der Waals surface area (Å²) in [5.74, 6) is 0. The third kappa shape index (κ3) is 5.37. The van der Waals surface area contributed by atoms with Crippen LogP contribution in [-0.2, 0) is 16.2 Å². The normalized spacial score (nSPS) is 14.3. The van der Waals surface area contributed by atoms with Gasteiger partial charge >= 0.3 is 0 Å². The molecule has 3 heterocycles. The van der Waals surface area contributed by atoms with Crippen LogP contribution >= 0.6 is 0 Å². The molecule has 2 aliphatic rings. The zero-order valence-corrected chi connectivity index (χ0v) is 29.5. The van der Waals surface area contributed by atoms with E-state index >= 15 is 0 Å². The van der Waals surface area contributed by atoms with Crippen LogP contribution in [-0.4, -0.2) is 4.98 Å². The lowest BCUT2D eigenvalue weighted by Gasteiger charge is -2.42. The van der Waals surface area contributed by atoms with E-state index in [1.807, 2.05) is 18.2 Å². The Morgan fingerprint density at radius 2 is 1.24 bits per heavy atom. The minimum absolute atomic E-state index is 0.0108. The van der Waals surface area contributed by atoms with Gasteiger partial charge in [-0.05, 0) is 74.9 Å². The first kappa shape index (κ1) is 33.0. The zero-order valence-electron chi connectivity index (χ0n) is 29.5. The van der Waals surface area contributed by atoms with Crippen molar-refractivity contribution in [3.05, 3.63) is 128 Å². The van der Waals surface area contributed by atoms with Crippen LogP contribution in [0.15, 0.2) is 78.1 Å². The summed E-state index contributed by atoms with van der Waals surface area (Å²) >= 11 is 0.